The second kappa shape index (κ2) is 7.48. The van der Waals surface area contributed by atoms with Crippen LogP contribution in [0.1, 0.15) is 0 Å². The van der Waals surface area contributed by atoms with Crippen molar-refractivity contribution in [2.45, 2.75) is 0 Å². The Morgan fingerprint density at radius 3 is 2.82 bits per heavy atom. The van der Waals surface area contributed by atoms with Crippen LogP contribution in [0.15, 0.2) is 18.2 Å². The van der Waals surface area contributed by atoms with Crippen molar-refractivity contribution in [1.29, 1.82) is 0 Å². The van der Waals surface area contributed by atoms with Crippen LogP contribution in [0, 0.1) is 5.82 Å². The second-order valence-corrected chi connectivity index (χ2v) is 4.36. The molecule has 5 heteroatoms. The first-order chi connectivity index (χ1) is 8.11. The highest BCUT2D eigenvalue weighted by Crippen LogP contribution is 2.23. The van der Waals surface area contributed by atoms with Crippen LogP contribution in [0.5, 0.6) is 5.75 Å². The molecule has 0 radical (unpaired) electrons. The number of nitrogens with one attached hydrogen (secondary N) is 1. The highest BCUT2D eigenvalue weighted by atomic mass is 35.5. The van der Waals surface area contributed by atoms with Crippen molar-refractivity contribution in [3.8, 4) is 5.75 Å². The third-order valence-corrected chi connectivity index (χ3v) is 2.48. The average Bonchev–Trinajstić information content (AvgIpc) is 2.28. The summed E-state index contributed by atoms with van der Waals surface area (Å²) in [7, 11) is 4.03. The third kappa shape index (κ3) is 5.35. The Balaban J connectivity index is 2.20. The van der Waals surface area contributed by atoms with Gasteiger partial charge >= 0.3 is 0 Å². The van der Waals surface area contributed by atoms with Crippen LogP contribution in [0.25, 0.3) is 0 Å². The van der Waals surface area contributed by atoms with Gasteiger partial charge in [0.25, 0.3) is 0 Å². The van der Waals surface area contributed by atoms with Gasteiger partial charge in [0, 0.05) is 19.6 Å². The molecule has 1 N–H and O–H groups in total. The number of nitrogens with zero attached hydrogens (tertiary/aromatic N) is 1. The molecule has 0 saturated heterocycles. The zero-order valence-corrected chi connectivity index (χ0v) is 10.9. The zero-order valence-electron chi connectivity index (χ0n) is 10.2. The molecule has 17 heavy (non-hydrogen) atoms. The van der Waals surface area contributed by atoms with E-state index >= 15 is 0 Å². The van der Waals surface area contributed by atoms with Gasteiger partial charge in [-0.3, -0.25) is 0 Å². The highest BCUT2D eigenvalue weighted by molar-refractivity contribution is 6.30. The molecular formula is C12H18ClFN2O. The SMILES string of the molecule is CN(C)CCNCCOc1cccc(Cl)c1F. The predicted molar refractivity (Wildman–Crippen MR) is 68.3 cm³/mol. The minimum atomic E-state index is -0.498. The lowest BCUT2D eigenvalue weighted by Crippen LogP contribution is -2.29. The lowest BCUT2D eigenvalue weighted by Gasteiger charge is -2.11. The second-order valence-electron chi connectivity index (χ2n) is 3.95. The molecule has 0 aliphatic rings. The Bertz CT molecular complexity index is 347. The molecule has 0 aromatic heterocycles. The van der Waals surface area contributed by atoms with E-state index in [9.17, 15) is 4.39 Å². The normalized spacial score (nSPS) is 10.9. The number of hydrogen-bond acceptors (Lipinski definition) is 3. The topological polar surface area (TPSA) is 24.5 Å². The first kappa shape index (κ1) is 14.2. The number of halogens is 2. The van der Waals surface area contributed by atoms with Crippen LogP contribution in [0.3, 0.4) is 0 Å². The molecule has 0 amide bonds. The molecule has 0 unspecified atom stereocenters. The molecule has 3 nitrogen and oxygen atoms in total. The molecule has 0 aliphatic carbocycles. The Morgan fingerprint density at radius 1 is 1.35 bits per heavy atom. The van der Waals surface area contributed by atoms with Gasteiger partial charge in [0.1, 0.15) is 6.61 Å². The molecule has 0 aliphatic heterocycles. The van der Waals surface area contributed by atoms with Crippen molar-refractivity contribution in [2.75, 3.05) is 40.3 Å². The molecule has 0 fully saturated rings. The van der Waals surface area contributed by atoms with E-state index in [1.807, 2.05) is 14.1 Å². The van der Waals surface area contributed by atoms with Gasteiger partial charge in [-0.2, -0.15) is 0 Å². The Morgan fingerprint density at radius 2 is 2.12 bits per heavy atom. The maximum atomic E-state index is 13.4. The van der Waals surface area contributed by atoms with E-state index < -0.39 is 5.82 Å². The van der Waals surface area contributed by atoms with Crippen LogP contribution in [-0.2, 0) is 0 Å². The molecule has 0 spiro atoms. The van der Waals surface area contributed by atoms with Gasteiger partial charge in [0.05, 0.1) is 5.02 Å². The Hall–Kier alpha value is -0.840. The third-order valence-electron chi connectivity index (χ3n) is 2.19. The van der Waals surface area contributed by atoms with Gasteiger partial charge in [0.2, 0.25) is 0 Å². The summed E-state index contributed by atoms with van der Waals surface area (Å²) in [5.74, 6) is -0.297. The molecule has 96 valence electrons. The lowest BCUT2D eigenvalue weighted by atomic mass is 10.3. The maximum Gasteiger partial charge on any atom is 0.183 e. The number of hydrogen-bond donors (Lipinski definition) is 1. The van der Waals surface area contributed by atoms with Crippen molar-refractivity contribution in [3.63, 3.8) is 0 Å². The lowest BCUT2D eigenvalue weighted by molar-refractivity contribution is 0.295. The van der Waals surface area contributed by atoms with Gasteiger partial charge < -0.3 is 15.0 Å². The number of likely N-dealkylation sites (N-methyl/N-ethyl adjacent to an activating group) is 1. The summed E-state index contributed by atoms with van der Waals surface area (Å²) < 4.78 is 18.7. The fourth-order valence-corrected chi connectivity index (χ4v) is 1.42. The van der Waals surface area contributed by atoms with Crippen molar-refractivity contribution in [2.24, 2.45) is 0 Å². The van der Waals surface area contributed by atoms with Gasteiger partial charge in [0.15, 0.2) is 11.6 Å². The largest absolute Gasteiger partial charge is 0.489 e. The van der Waals surface area contributed by atoms with Crippen molar-refractivity contribution in [3.05, 3.63) is 29.0 Å². The number of ether oxygens (including phenoxy) is 1. The first-order valence-corrected chi connectivity index (χ1v) is 5.91. The summed E-state index contributed by atoms with van der Waals surface area (Å²) in [5, 5.41) is 3.29. The van der Waals surface area contributed by atoms with E-state index in [0.717, 1.165) is 13.1 Å². The quantitative estimate of drug-likeness (QED) is 0.759. The van der Waals surface area contributed by atoms with Crippen LogP contribution in [-0.4, -0.2) is 45.2 Å². The van der Waals surface area contributed by atoms with Crippen molar-refractivity contribution < 1.29 is 9.13 Å². The Kier molecular flexibility index (Phi) is 6.26. The molecule has 0 bridgehead atoms. The van der Waals surface area contributed by atoms with E-state index in [2.05, 4.69) is 10.2 Å². The van der Waals surface area contributed by atoms with Gasteiger partial charge in [-0.05, 0) is 26.2 Å². The van der Waals surface area contributed by atoms with E-state index in [0.29, 0.717) is 13.2 Å². The predicted octanol–water partition coefficient (Wildman–Crippen LogP) is 2.01. The summed E-state index contributed by atoms with van der Waals surface area (Å²) in [6.45, 7) is 2.95. The Labute approximate surface area is 107 Å². The fraction of sp³-hybridized carbons (Fsp3) is 0.500. The number of rotatable bonds is 7. The zero-order chi connectivity index (χ0) is 12.7. The van der Waals surface area contributed by atoms with Gasteiger partial charge in [-0.15, -0.1) is 0 Å². The van der Waals surface area contributed by atoms with Crippen molar-refractivity contribution in [1.82, 2.24) is 10.2 Å². The van der Waals surface area contributed by atoms with Crippen LogP contribution in [0.2, 0.25) is 5.02 Å². The summed E-state index contributed by atoms with van der Waals surface area (Å²) in [4.78, 5) is 2.09. The van der Waals surface area contributed by atoms with E-state index in [-0.39, 0.29) is 10.8 Å². The van der Waals surface area contributed by atoms with Gasteiger partial charge in [-0.1, -0.05) is 17.7 Å². The van der Waals surface area contributed by atoms with E-state index in [1.54, 1.807) is 12.1 Å². The molecule has 0 heterocycles. The smallest absolute Gasteiger partial charge is 0.183 e. The molecule has 1 aromatic rings. The highest BCUT2D eigenvalue weighted by Gasteiger charge is 2.06. The monoisotopic (exact) mass is 260 g/mol. The summed E-state index contributed by atoms with van der Waals surface area (Å²) in [6, 6.07) is 4.74. The molecular weight excluding hydrogens is 243 g/mol. The van der Waals surface area contributed by atoms with E-state index in [1.165, 1.54) is 6.07 Å². The molecule has 0 saturated carbocycles. The average molecular weight is 261 g/mol. The molecule has 0 atom stereocenters. The van der Waals surface area contributed by atoms with E-state index in [4.69, 9.17) is 16.3 Å². The van der Waals surface area contributed by atoms with Crippen LogP contribution >= 0.6 is 11.6 Å². The first-order valence-electron chi connectivity index (χ1n) is 5.53. The minimum Gasteiger partial charge on any atom is -0.489 e. The number of benzene rings is 1. The maximum absolute atomic E-state index is 13.4. The standard InChI is InChI=1S/C12H18ClFN2O/c1-16(2)8-6-15-7-9-17-11-5-3-4-10(13)12(11)14/h3-5,15H,6-9H2,1-2H3. The molecule has 1 aromatic carbocycles. The summed E-state index contributed by atoms with van der Waals surface area (Å²) >= 11 is 5.64. The van der Waals surface area contributed by atoms with Crippen LogP contribution < -0.4 is 10.1 Å². The fourth-order valence-electron chi connectivity index (χ4n) is 1.26. The summed E-state index contributed by atoms with van der Waals surface area (Å²) in [6.07, 6.45) is 0. The molecule has 1 rings (SSSR count). The van der Waals surface area contributed by atoms with Crippen molar-refractivity contribution >= 4 is 11.6 Å². The van der Waals surface area contributed by atoms with Gasteiger partial charge in [-0.25, -0.2) is 4.39 Å². The summed E-state index contributed by atoms with van der Waals surface area (Å²) in [5.41, 5.74) is 0. The van der Waals surface area contributed by atoms with Crippen LogP contribution in [0.4, 0.5) is 4.39 Å². The minimum absolute atomic E-state index is 0.0862.